The highest BCUT2D eigenvalue weighted by molar-refractivity contribution is 7.89. The number of halogens is 1. The van der Waals surface area contributed by atoms with Gasteiger partial charge in [0.2, 0.25) is 10.0 Å². The third kappa shape index (κ3) is 4.76. The van der Waals surface area contributed by atoms with Crippen molar-refractivity contribution in [1.82, 2.24) is 9.62 Å². The summed E-state index contributed by atoms with van der Waals surface area (Å²) in [5, 5.41) is 2.61. The molecule has 30 heavy (non-hydrogen) atoms. The Kier molecular flexibility index (Phi) is 6.26. The maximum Gasteiger partial charge on any atom is 0.262 e. The molecule has 0 radical (unpaired) electrons. The Morgan fingerprint density at radius 1 is 1.13 bits per heavy atom. The van der Waals surface area contributed by atoms with Crippen LogP contribution >= 0.6 is 11.6 Å². The second kappa shape index (κ2) is 8.91. The molecule has 0 spiro atoms. The minimum atomic E-state index is -3.89. The predicted octanol–water partition coefficient (Wildman–Crippen LogP) is 1.98. The van der Waals surface area contributed by atoms with Crippen molar-refractivity contribution in [2.24, 2.45) is 0 Å². The normalized spacial score (nSPS) is 17.2. The number of hydrogen-bond acceptors (Lipinski definition) is 6. The van der Waals surface area contributed by atoms with Crippen LogP contribution in [0.3, 0.4) is 0 Å². The van der Waals surface area contributed by atoms with Crippen molar-refractivity contribution in [3.05, 3.63) is 52.5 Å². The van der Waals surface area contributed by atoms with Gasteiger partial charge in [-0.25, -0.2) is 13.1 Å². The lowest BCUT2D eigenvalue weighted by Gasteiger charge is -2.27. The first kappa shape index (κ1) is 21.1. The van der Waals surface area contributed by atoms with Gasteiger partial charge in [0.25, 0.3) is 5.91 Å². The van der Waals surface area contributed by atoms with E-state index in [1.54, 1.807) is 0 Å². The third-order valence-corrected chi connectivity index (χ3v) is 6.89. The van der Waals surface area contributed by atoms with E-state index in [-0.39, 0.29) is 34.7 Å². The second-order valence-corrected chi connectivity index (χ2v) is 9.24. The fourth-order valence-corrected chi connectivity index (χ4v) is 4.97. The Labute approximate surface area is 180 Å². The Hall–Kier alpha value is -2.17. The molecule has 2 aliphatic rings. The van der Waals surface area contributed by atoms with Crippen molar-refractivity contribution >= 4 is 33.2 Å². The number of carbonyl (C=O) groups excluding carboxylic acids is 1. The molecule has 0 aliphatic carbocycles. The molecule has 0 aromatic heterocycles. The van der Waals surface area contributed by atoms with Gasteiger partial charge in [-0.1, -0.05) is 35.9 Å². The van der Waals surface area contributed by atoms with E-state index in [1.165, 1.54) is 12.1 Å². The first-order chi connectivity index (χ1) is 14.4. The van der Waals surface area contributed by atoms with Crippen molar-refractivity contribution in [3.8, 4) is 5.75 Å². The molecule has 1 saturated heterocycles. The molecule has 1 amide bonds. The van der Waals surface area contributed by atoms with E-state index in [0.717, 1.165) is 30.8 Å². The SMILES string of the molecule is O=C1COc2cc(S(=O)(=O)NCc3ccccc3CN3CCOCC3)c(Cl)cc2N1. The van der Waals surface area contributed by atoms with Crippen LogP contribution in [-0.4, -0.2) is 52.1 Å². The molecule has 4 rings (SSSR count). The number of amides is 1. The summed E-state index contributed by atoms with van der Waals surface area (Å²) in [5.41, 5.74) is 2.31. The number of sulfonamides is 1. The highest BCUT2D eigenvalue weighted by Crippen LogP contribution is 2.35. The van der Waals surface area contributed by atoms with E-state index in [1.807, 2.05) is 24.3 Å². The van der Waals surface area contributed by atoms with Gasteiger partial charge in [-0.3, -0.25) is 9.69 Å². The fraction of sp³-hybridized carbons (Fsp3) is 0.350. The maximum atomic E-state index is 12.9. The Morgan fingerprint density at radius 2 is 1.87 bits per heavy atom. The summed E-state index contributed by atoms with van der Waals surface area (Å²) in [6.45, 7) is 3.80. The van der Waals surface area contributed by atoms with Crippen molar-refractivity contribution in [2.45, 2.75) is 18.0 Å². The van der Waals surface area contributed by atoms with Crippen molar-refractivity contribution in [3.63, 3.8) is 0 Å². The van der Waals surface area contributed by atoms with Crippen LogP contribution in [0.4, 0.5) is 5.69 Å². The van der Waals surface area contributed by atoms with Gasteiger partial charge in [-0.2, -0.15) is 0 Å². The smallest absolute Gasteiger partial charge is 0.262 e. The second-order valence-electron chi connectivity index (χ2n) is 7.10. The zero-order chi connectivity index (χ0) is 21.1. The number of ether oxygens (including phenoxy) is 2. The first-order valence-corrected chi connectivity index (χ1v) is 11.4. The lowest BCUT2D eigenvalue weighted by atomic mass is 10.1. The van der Waals surface area contributed by atoms with Crippen molar-refractivity contribution in [2.75, 3.05) is 38.2 Å². The van der Waals surface area contributed by atoms with Crippen LogP contribution in [0.15, 0.2) is 41.3 Å². The third-order valence-electron chi connectivity index (χ3n) is 5.03. The number of anilines is 1. The standard InChI is InChI=1S/C20H22ClN3O5S/c21-16-9-17-18(29-13-20(25)23-17)10-19(16)30(26,27)22-11-14-3-1-2-4-15(14)12-24-5-7-28-8-6-24/h1-4,9-10,22H,5-8,11-13H2,(H,23,25). The largest absolute Gasteiger partial charge is 0.482 e. The van der Waals surface area contributed by atoms with Crippen molar-refractivity contribution < 1.29 is 22.7 Å². The molecule has 2 aromatic rings. The molecule has 2 N–H and O–H groups in total. The molecule has 2 heterocycles. The van der Waals surface area contributed by atoms with Gasteiger partial charge in [0.1, 0.15) is 10.6 Å². The van der Waals surface area contributed by atoms with E-state index in [9.17, 15) is 13.2 Å². The molecule has 0 atom stereocenters. The quantitative estimate of drug-likeness (QED) is 0.697. The Bertz CT molecular complexity index is 1050. The Morgan fingerprint density at radius 3 is 2.63 bits per heavy atom. The molecule has 160 valence electrons. The molecule has 0 unspecified atom stereocenters. The minimum absolute atomic E-state index is 0.00801. The van der Waals surface area contributed by atoms with E-state index < -0.39 is 10.0 Å². The molecule has 8 nitrogen and oxygen atoms in total. The van der Waals surface area contributed by atoms with Crippen LogP contribution in [0.5, 0.6) is 5.75 Å². The number of nitrogens with one attached hydrogen (secondary N) is 2. The molecule has 10 heteroatoms. The number of benzene rings is 2. The highest BCUT2D eigenvalue weighted by atomic mass is 35.5. The number of morpholine rings is 1. The average molecular weight is 452 g/mol. The highest BCUT2D eigenvalue weighted by Gasteiger charge is 2.24. The van der Waals surface area contributed by atoms with Gasteiger partial charge in [0.05, 0.1) is 23.9 Å². The first-order valence-electron chi connectivity index (χ1n) is 9.55. The molecule has 0 bridgehead atoms. The number of carbonyl (C=O) groups is 1. The number of hydrogen-bond donors (Lipinski definition) is 2. The van der Waals surface area contributed by atoms with Gasteiger partial charge in [0.15, 0.2) is 6.61 Å². The summed E-state index contributed by atoms with van der Waals surface area (Å²) in [5.74, 6) is -0.0451. The van der Waals surface area contributed by atoms with Crippen molar-refractivity contribution in [1.29, 1.82) is 0 Å². The fourth-order valence-electron chi connectivity index (χ4n) is 3.42. The lowest BCUT2D eigenvalue weighted by molar-refractivity contribution is -0.118. The van der Waals surface area contributed by atoms with Gasteiger partial charge in [-0.15, -0.1) is 0 Å². The molecular weight excluding hydrogens is 430 g/mol. The molecule has 0 saturated carbocycles. The van der Waals surface area contributed by atoms with E-state index in [0.29, 0.717) is 18.9 Å². The predicted molar refractivity (Wildman–Crippen MR) is 112 cm³/mol. The van der Waals surface area contributed by atoms with Crippen LogP contribution in [0.25, 0.3) is 0 Å². The summed E-state index contributed by atoms with van der Waals surface area (Å²) in [4.78, 5) is 13.6. The van der Waals surface area contributed by atoms with Crippen LogP contribution in [0.1, 0.15) is 11.1 Å². The number of rotatable bonds is 6. The molecular formula is C20H22ClN3O5S. The molecule has 2 aliphatic heterocycles. The van der Waals surface area contributed by atoms with Gasteiger partial charge in [0, 0.05) is 32.2 Å². The summed E-state index contributed by atoms with van der Waals surface area (Å²) in [7, 11) is -3.89. The van der Waals surface area contributed by atoms with E-state index in [4.69, 9.17) is 21.1 Å². The monoisotopic (exact) mass is 451 g/mol. The van der Waals surface area contributed by atoms with Crippen LogP contribution in [0.2, 0.25) is 5.02 Å². The molecule has 2 aromatic carbocycles. The number of fused-ring (bicyclic) bond motifs is 1. The van der Waals surface area contributed by atoms with Crippen LogP contribution < -0.4 is 14.8 Å². The Balaban J connectivity index is 1.50. The lowest BCUT2D eigenvalue weighted by Crippen LogP contribution is -2.36. The summed E-state index contributed by atoms with van der Waals surface area (Å²) in [6.07, 6.45) is 0. The summed E-state index contributed by atoms with van der Waals surface area (Å²) in [6, 6.07) is 10.5. The zero-order valence-electron chi connectivity index (χ0n) is 16.2. The van der Waals surface area contributed by atoms with E-state index >= 15 is 0 Å². The average Bonchev–Trinajstić information content (AvgIpc) is 2.73. The van der Waals surface area contributed by atoms with Gasteiger partial charge in [-0.05, 0) is 17.2 Å². The number of nitrogens with zero attached hydrogens (tertiary/aromatic N) is 1. The minimum Gasteiger partial charge on any atom is -0.482 e. The van der Waals surface area contributed by atoms with Crippen LogP contribution in [0, 0.1) is 0 Å². The zero-order valence-corrected chi connectivity index (χ0v) is 17.8. The van der Waals surface area contributed by atoms with E-state index in [2.05, 4.69) is 14.9 Å². The maximum absolute atomic E-state index is 12.9. The van der Waals surface area contributed by atoms with Gasteiger partial charge >= 0.3 is 0 Å². The van der Waals surface area contributed by atoms with Gasteiger partial charge < -0.3 is 14.8 Å². The summed E-state index contributed by atoms with van der Waals surface area (Å²) < 4.78 is 39.2. The summed E-state index contributed by atoms with van der Waals surface area (Å²) >= 11 is 6.19. The topological polar surface area (TPSA) is 97.0 Å². The van der Waals surface area contributed by atoms with Crippen LogP contribution in [-0.2, 0) is 32.6 Å². The molecule has 1 fully saturated rings.